The minimum atomic E-state index is -0.595. The molecule has 9 nitrogen and oxygen atoms in total. The fraction of sp³-hybridized carbons (Fsp3) is 0.379. The van der Waals surface area contributed by atoms with Gasteiger partial charge in [-0.1, -0.05) is 23.7 Å². The van der Waals surface area contributed by atoms with Crippen LogP contribution >= 0.6 is 11.6 Å². The van der Waals surface area contributed by atoms with Crippen LogP contribution in [0.25, 0.3) is 16.7 Å². The summed E-state index contributed by atoms with van der Waals surface area (Å²) in [6.45, 7) is 4.19. The minimum absolute atomic E-state index is 0.0748. The fourth-order valence-electron chi connectivity index (χ4n) is 5.18. The van der Waals surface area contributed by atoms with E-state index in [-0.39, 0.29) is 24.2 Å². The Balaban J connectivity index is 1.28. The highest BCUT2D eigenvalue weighted by atomic mass is 35.5. The molecular weight excluding hydrogens is 518 g/mol. The number of amides is 1. The van der Waals surface area contributed by atoms with Crippen LogP contribution in [0.2, 0.25) is 5.02 Å². The standard InChI is InChI=1S/C29H32ClN5O4/c1-18(36)17-39-27-12-11-23(15-32-27)35-26-6-4-3-5-25(26)34(29(35)38)16-20-7-9-22(10-8-20)33-28(37)24-13-21(30)14-31-19(24)2/h3-6,11-15,18,20,22,36H,7-10,16-17H2,1-2H3,(H,33,37)/t18-,20-,22-/m1/s1. The first kappa shape index (κ1) is 26.9. The monoisotopic (exact) mass is 549 g/mol. The predicted octanol–water partition coefficient (Wildman–Crippen LogP) is 4.29. The van der Waals surface area contributed by atoms with Crippen LogP contribution in [0.3, 0.4) is 0 Å². The summed E-state index contributed by atoms with van der Waals surface area (Å²) in [5.41, 5.74) is 3.37. The number of aliphatic hydroxyl groups excluding tert-OH is 1. The Labute approximate surface area is 231 Å². The number of nitrogens with one attached hydrogen (secondary N) is 1. The average Bonchev–Trinajstić information content (AvgIpc) is 3.21. The van der Waals surface area contributed by atoms with Crippen LogP contribution < -0.4 is 15.7 Å². The van der Waals surface area contributed by atoms with Crippen molar-refractivity contribution in [3.8, 4) is 11.6 Å². The van der Waals surface area contributed by atoms with Gasteiger partial charge in [0.25, 0.3) is 5.91 Å². The molecule has 39 heavy (non-hydrogen) atoms. The lowest BCUT2D eigenvalue weighted by atomic mass is 9.85. The molecule has 1 aliphatic carbocycles. The molecule has 1 aliphatic rings. The van der Waals surface area contributed by atoms with E-state index in [2.05, 4.69) is 15.3 Å². The fourth-order valence-corrected chi connectivity index (χ4v) is 5.34. The number of carbonyl (C=O) groups is 1. The summed E-state index contributed by atoms with van der Waals surface area (Å²) < 4.78 is 8.98. The molecule has 1 atom stereocenters. The zero-order valence-corrected chi connectivity index (χ0v) is 22.8. The normalized spacial score (nSPS) is 18.2. The van der Waals surface area contributed by atoms with E-state index in [9.17, 15) is 14.7 Å². The number of aliphatic hydroxyl groups is 1. The first-order valence-electron chi connectivity index (χ1n) is 13.2. The van der Waals surface area contributed by atoms with Gasteiger partial charge in [0.05, 0.1) is 45.3 Å². The van der Waals surface area contributed by atoms with Crippen molar-refractivity contribution in [1.82, 2.24) is 24.4 Å². The lowest BCUT2D eigenvalue weighted by molar-refractivity contribution is 0.0919. The van der Waals surface area contributed by atoms with Crippen molar-refractivity contribution in [3.63, 3.8) is 0 Å². The number of fused-ring (bicyclic) bond motifs is 1. The van der Waals surface area contributed by atoms with Crippen LogP contribution in [-0.4, -0.2) is 48.9 Å². The number of carbonyl (C=O) groups excluding carboxylic acids is 1. The number of hydrogen-bond acceptors (Lipinski definition) is 6. The Kier molecular flexibility index (Phi) is 7.99. The van der Waals surface area contributed by atoms with E-state index >= 15 is 0 Å². The van der Waals surface area contributed by atoms with Gasteiger partial charge in [0, 0.05) is 24.8 Å². The van der Waals surface area contributed by atoms with Gasteiger partial charge in [-0.05, 0) is 69.7 Å². The van der Waals surface area contributed by atoms with Gasteiger partial charge in [-0.25, -0.2) is 9.78 Å². The van der Waals surface area contributed by atoms with Crippen molar-refractivity contribution in [2.75, 3.05) is 6.61 Å². The van der Waals surface area contributed by atoms with Crippen LogP contribution in [0.4, 0.5) is 0 Å². The number of para-hydroxylation sites is 2. The Morgan fingerprint density at radius 2 is 1.87 bits per heavy atom. The van der Waals surface area contributed by atoms with Crippen LogP contribution in [0.1, 0.15) is 48.7 Å². The molecular formula is C29H32ClN5O4. The lowest BCUT2D eigenvalue weighted by Crippen LogP contribution is -2.39. The molecule has 1 fully saturated rings. The third kappa shape index (κ3) is 5.99. The molecule has 2 N–H and O–H groups in total. The molecule has 3 heterocycles. The van der Waals surface area contributed by atoms with Crippen molar-refractivity contribution >= 4 is 28.5 Å². The van der Waals surface area contributed by atoms with Crippen LogP contribution in [0.5, 0.6) is 5.88 Å². The molecule has 0 spiro atoms. The topological polar surface area (TPSA) is 111 Å². The second-order valence-corrected chi connectivity index (χ2v) is 10.6. The SMILES string of the molecule is Cc1ncc(Cl)cc1C(=O)N[C@H]1CC[C@H](Cn2c(=O)n(-c3ccc(OC[C@@H](C)O)nc3)c3ccccc32)CC1. The highest BCUT2D eigenvalue weighted by Crippen LogP contribution is 2.28. The number of hydrogen-bond donors (Lipinski definition) is 2. The Hall–Kier alpha value is -3.69. The lowest BCUT2D eigenvalue weighted by Gasteiger charge is -2.29. The number of ether oxygens (including phenoxy) is 1. The van der Waals surface area contributed by atoms with Crippen molar-refractivity contribution in [3.05, 3.63) is 81.6 Å². The maximum absolute atomic E-state index is 13.6. The summed E-state index contributed by atoms with van der Waals surface area (Å²) in [6, 6.07) is 13.0. The molecule has 4 aromatic rings. The van der Waals surface area contributed by atoms with E-state index in [1.54, 1.807) is 42.8 Å². The molecule has 0 radical (unpaired) electrons. The van der Waals surface area contributed by atoms with Gasteiger partial charge in [-0.15, -0.1) is 0 Å². The Morgan fingerprint density at radius 3 is 2.56 bits per heavy atom. The van der Waals surface area contributed by atoms with Crippen LogP contribution in [-0.2, 0) is 6.54 Å². The average molecular weight is 550 g/mol. The second-order valence-electron chi connectivity index (χ2n) is 10.2. The molecule has 3 aromatic heterocycles. The van der Waals surface area contributed by atoms with Crippen LogP contribution in [0.15, 0.2) is 59.7 Å². The third-order valence-electron chi connectivity index (χ3n) is 7.21. The van der Waals surface area contributed by atoms with E-state index in [0.29, 0.717) is 40.3 Å². The molecule has 0 aliphatic heterocycles. The number of benzene rings is 1. The van der Waals surface area contributed by atoms with Gasteiger partial charge in [0.2, 0.25) is 5.88 Å². The maximum atomic E-state index is 13.6. The van der Waals surface area contributed by atoms with E-state index < -0.39 is 6.10 Å². The quantitative estimate of drug-likeness (QED) is 0.339. The molecule has 1 aromatic carbocycles. The molecule has 5 rings (SSSR count). The summed E-state index contributed by atoms with van der Waals surface area (Å²) in [7, 11) is 0. The second kappa shape index (κ2) is 11.6. The Morgan fingerprint density at radius 1 is 1.13 bits per heavy atom. The van der Waals surface area contributed by atoms with Gasteiger partial charge in [0.15, 0.2) is 0 Å². The number of imidazole rings is 1. The van der Waals surface area contributed by atoms with E-state index in [0.717, 1.165) is 36.7 Å². The van der Waals surface area contributed by atoms with Gasteiger partial charge in [-0.2, -0.15) is 0 Å². The van der Waals surface area contributed by atoms with Gasteiger partial charge < -0.3 is 15.2 Å². The predicted molar refractivity (Wildman–Crippen MR) is 150 cm³/mol. The number of halogens is 1. The zero-order valence-electron chi connectivity index (χ0n) is 22.0. The van der Waals surface area contributed by atoms with E-state index in [1.165, 1.54) is 6.20 Å². The summed E-state index contributed by atoms with van der Waals surface area (Å²) in [5, 5.41) is 13.0. The molecule has 10 heteroatoms. The van der Waals surface area contributed by atoms with Crippen molar-refractivity contribution in [2.24, 2.45) is 5.92 Å². The number of rotatable bonds is 8. The van der Waals surface area contributed by atoms with Crippen molar-refractivity contribution in [1.29, 1.82) is 0 Å². The smallest absolute Gasteiger partial charge is 0.333 e. The van der Waals surface area contributed by atoms with E-state index in [1.807, 2.05) is 28.8 Å². The summed E-state index contributed by atoms with van der Waals surface area (Å²) >= 11 is 6.04. The highest BCUT2D eigenvalue weighted by molar-refractivity contribution is 6.30. The molecule has 0 bridgehead atoms. The largest absolute Gasteiger partial charge is 0.475 e. The van der Waals surface area contributed by atoms with Gasteiger partial charge in [-0.3, -0.25) is 18.9 Å². The number of aromatic nitrogens is 4. The number of pyridine rings is 2. The molecule has 0 unspecified atom stereocenters. The minimum Gasteiger partial charge on any atom is -0.475 e. The highest BCUT2D eigenvalue weighted by Gasteiger charge is 2.25. The summed E-state index contributed by atoms with van der Waals surface area (Å²) in [5.74, 6) is 0.558. The third-order valence-corrected chi connectivity index (χ3v) is 7.41. The first-order valence-corrected chi connectivity index (χ1v) is 13.6. The molecule has 0 saturated heterocycles. The van der Waals surface area contributed by atoms with Gasteiger partial charge >= 0.3 is 5.69 Å². The van der Waals surface area contributed by atoms with Crippen molar-refractivity contribution in [2.45, 2.75) is 58.2 Å². The summed E-state index contributed by atoms with van der Waals surface area (Å²) in [4.78, 5) is 34.9. The first-order chi connectivity index (χ1) is 18.8. The maximum Gasteiger partial charge on any atom is 0.333 e. The van der Waals surface area contributed by atoms with Crippen LogP contribution in [0, 0.1) is 12.8 Å². The number of aryl methyl sites for hydroxylation is 1. The molecule has 1 amide bonds. The van der Waals surface area contributed by atoms with Crippen molar-refractivity contribution < 1.29 is 14.6 Å². The molecule has 204 valence electrons. The molecule has 1 saturated carbocycles. The van der Waals surface area contributed by atoms with E-state index in [4.69, 9.17) is 16.3 Å². The zero-order chi connectivity index (χ0) is 27.5. The van der Waals surface area contributed by atoms with Gasteiger partial charge in [0.1, 0.15) is 6.61 Å². The summed E-state index contributed by atoms with van der Waals surface area (Å²) in [6.07, 6.45) is 6.05. The Bertz CT molecular complexity index is 1520. The number of nitrogens with zero attached hydrogens (tertiary/aromatic N) is 4.